The van der Waals surface area contributed by atoms with Crippen molar-refractivity contribution in [1.82, 2.24) is 0 Å². The van der Waals surface area contributed by atoms with Gasteiger partial charge in [-0.05, 0) is 48.7 Å². The minimum Gasteiger partial charge on any atom is -0.496 e. The summed E-state index contributed by atoms with van der Waals surface area (Å²) in [7, 11) is 1.57. The normalized spacial score (nSPS) is 12.3. The molecule has 1 unspecified atom stereocenters. The molecule has 0 aliphatic heterocycles. The Balaban J connectivity index is 2.52. The fourth-order valence-corrected chi connectivity index (χ4v) is 2.38. The molecule has 2 aromatic rings. The number of ether oxygens (including phenoxy) is 1. The molecule has 0 saturated carbocycles. The molecule has 0 fully saturated rings. The molecule has 0 saturated heterocycles. The maximum Gasteiger partial charge on any atom is 0.159 e. The highest BCUT2D eigenvalue weighted by molar-refractivity contribution is 5.48. The van der Waals surface area contributed by atoms with Gasteiger partial charge in [-0.3, -0.25) is 0 Å². The number of rotatable bonds is 3. The Bertz CT molecular complexity index is 641. The Kier molecular flexibility index (Phi) is 4.04. The highest BCUT2D eigenvalue weighted by Gasteiger charge is 2.18. The maximum atomic E-state index is 13.3. The van der Waals surface area contributed by atoms with Crippen molar-refractivity contribution in [1.29, 1.82) is 0 Å². The number of aryl methyl sites for hydroxylation is 2. The summed E-state index contributed by atoms with van der Waals surface area (Å²) in [6.45, 7) is 3.88. The van der Waals surface area contributed by atoms with E-state index in [0.29, 0.717) is 11.3 Å². The third-order valence-corrected chi connectivity index (χ3v) is 3.33. The van der Waals surface area contributed by atoms with Crippen LogP contribution in [0, 0.1) is 25.5 Å². The lowest BCUT2D eigenvalue weighted by Crippen LogP contribution is -2.15. The molecule has 0 aliphatic carbocycles. The second kappa shape index (κ2) is 5.59. The van der Waals surface area contributed by atoms with E-state index in [4.69, 9.17) is 10.5 Å². The van der Waals surface area contributed by atoms with Crippen LogP contribution in [0.4, 0.5) is 8.78 Å². The summed E-state index contributed by atoms with van der Waals surface area (Å²) in [5, 5.41) is 0. The number of hydrogen-bond donors (Lipinski definition) is 1. The zero-order valence-electron chi connectivity index (χ0n) is 11.7. The van der Waals surface area contributed by atoms with Crippen LogP contribution in [0.15, 0.2) is 30.3 Å². The fraction of sp³-hybridized carbons (Fsp3) is 0.250. The molecule has 4 heteroatoms. The number of halogens is 2. The first-order valence-electron chi connectivity index (χ1n) is 6.29. The second-order valence-electron chi connectivity index (χ2n) is 4.85. The van der Waals surface area contributed by atoms with Gasteiger partial charge in [0.2, 0.25) is 0 Å². The van der Waals surface area contributed by atoms with E-state index < -0.39 is 17.7 Å². The van der Waals surface area contributed by atoms with Crippen molar-refractivity contribution in [3.63, 3.8) is 0 Å². The molecule has 20 heavy (non-hydrogen) atoms. The van der Waals surface area contributed by atoms with Crippen LogP contribution < -0.4 is 10.5 Å². The van der Waals surface area contributed by atoms with Crippen molar-refractivity contribution in [2.75, 3.05) is 7.11 Å². The van der Waals surface area contributed by atoms with Crippen LogP contribution in [0.25, 0.3) is 0 Å². The standard InChI is InChI=1S/C16H17F2NO/c1-9-6-10(2)15(14(7-9)20-3)16(19)11-4-5-12(17)13(18)8-11/h4-8,16H,19H2,1-3H3. The van der Waals surface area contributed by atoms with Gasteiger partial charge in [0.05, 0.1) is 13.2 Å². The molecule has 2 nitrogen and oxygen atoms in total. The summed E-state index contributed by atoms with van der Waals surface area (Å²) in [6, 6.07) is 6.99. The zero-order chi connectivity index (χ0) is 14.9. The molecule has 1 atom stereocenters. The van der Waals surface area contributed by atoms with E-state index in [2.05, 4.69) is 0 Å². The molecule has 0 aliphatic rings. The minimum absolute atomic E-state index is 0.508. The number of benzene rings is 2. The Hall–Kier alpha value is -1.94. The first kappa shape index (κ1) is 14.5. The summed E-state index contributed by atoms with van der Waals surface area (Å²) >= 11 is 0. The molecule has 0 heterocycles. The summed E-state index contributed by atoms with van der Waals surface area (Å²) in [4.78, 5) is 0. The lowest BCUT2D eigenvalue weighted by Gasteiger charge is -2.19. The van der Waals surface area contributed by atoms with E-state index in [1.807, 2.05) is 26.0 Å². The van der Waals surface area contributed by atoms with E-state index in [-0.39, 0.29) is 0 Å². The van der Waals surface area contributed by atoms with E-state index in [1.165, 1.54) is 6.07 Å². The molecule has 0 aromatic heterocycles. The van der Waals surface area contributed by atoms with E-state index in [0.717, 1.165) is 28.8 Å². The van der Waals surface area contributed by atoms with Crippen LogP contribution in [-0.4, -0.2) is 7.11 Å². The van der Waals surface area contributed by atoms with Gasteiger partial charge in [-0.15, -0.1) is 0 Å². The Morgan fingerprint density at radius 2 is 1.75 bits per heavy atom. The van der Waals surface area contributed by atoms with Gasteiger partial charge in [0.15, 0.2) is 11.6 Å². The topological polar surface area (TPSA) is 35.2 Å². The molecular formula is C16H17F2NO. The molecule has 0 bridgehead atoms. The van der Waals surface area contributed by atoms with Gasteiger partial charge in [-0.1, -0.05) is 12.1 Å². The Morgan fingerprint density at radius 1 is 1.05 bits per heavy atom. The van der Waals surface area contributed by atoms with Gasteiger partial charge in [-0.25, -0.2) is 8.78 Å². The van der Waals surface area contributed by atoms with Crippen molar-refractivity contribution in [2.45, 2.75) is 19.9 Å². The highest BCUT2D eigenvalue weighted by atomic mass is 19.2. The SMILES string of the molecule is COc1cc(C)cc(C)c1C(N)c1ccc(F)c(F)c1. The summed E-state index contributed by atoms with van der Waals surface area (Å²) < 4.78 is 31.7. The van der Waals surface area contributed by atoms with Crippen molar-refractivity contribution in [3.05, 3.63) is 64.2 Å². The molecular weight excluding hydrogens is 260 g/mol. The van der Waals surface area contributed by atoms with Crippen LogP contribution in [0.3, 0.4) is 0 Å². The van der Waals surface area contributed by atoms with Crippen molar-refractivity contribution in [2.24, 2.45) is 5.73 Å². The Labute approximate surface area is 117 Å². The molecule has 2 N–H and O–H groups in total. The maximum absolute atomic E-state index is 13.3. The lowest BCUT2D eigenvalue weighted by molar-refractivity contribution is 0.407. The predicted octanol–water partition coefficient (Wildman–Crippen LogP) is 3.64. The summed E-state index contributed by atoms with van der Waals surface area (Å²) in [5.74, 6) is -1.13. The molecule has 0 amide bonds. The lowest BCUT2D eigenvalue weighted by atomic mass is 9.93. The first-order valence-corrected chi connectivity index (χ1v) is 6.29. The van der Waals surface area contributed by atoms with E-state index in [1.54, 1.807) is 7.11 Å². The summed E-state index contributed by atoms with van der Waals surface area (Å²) in [6.07, 6.45) is 0. The second-order valence-corrected chi connectivity index (χ2v) is 4.85. The monoisotopic (exact) mass is 277 g/mol. The van der Waals surface area contributed by atoms with E-state index >= 15 is 0 Å². The first-order chi connectivity index (χ1) is 9.43. The highest BCUT2D eigenvalue weighted by Crippen LogP contribution is 2.32. The van der Waals surface area contributed by atoms with Gasteiger partial charge in [0, 0.05) is 5.56 Å². The molecule has 106 valence electrons. The van der Waals surface area contributed by atoms with Gasteiger partial charge in [0.1, 0.15) is 5.75 Å². The van der Waals surface area contributed by atoms with E-state index in [9.17, 15) is 8.78 Å². The van der Waals surface area contributed by atoms with Crippen LogP contribution in [-0.2, 0) is 0 Å². The quantitative estimate of drug-likeness (QED) is 0.929. The van der Waals surface area contributed by atoms with Crippen molar-refractivity contribution < 1.29 is 13.5 Å². The van der Waals surface area contributed by atoms with Gasteiger partial charge in [0.25, 0.3) is 0 Å². The van der Waals surface area contributed by atoms with Gasteiger partial charge >= 0.3 is 0 Å². The average Bonchev–Trinajstić information content (AvgIpc) is 2.40. The number of nitrogens with two attached hydrogens (primary N) is 1. The molecule has 2 rings (SSSR count). The van der Waals surface area contributed by atoms with Crippen LogP contribution in [0.5, 0.6) is 5.75 Å². The van der Waals surface area contributed by atoms with Gasteiger partial charge < -0.3 is 10.5 Å². The smallest absolute Gasteiger partial charge is 0.159 e. The Morgan fingerprint density at radius 3 is 2.35 bits per heavy atom. The van der Waals surface area contributed by atoms with Crippen LogP contribution >= 0.6 is 0 Å². The number of hydrogen-bond acceptors (Lipinski definition) is 2. The minimum atomic E-state index is -0.901. The summed E-state index contributed by atoms with van der Waals surface area (Å²) in [5.41, 5.74) is 9.50. The van der Waals surface area contributed by atoms with Gasteiger partial charge in [-0.2, -0.15) is 0 Å². The molecule has 0 spiro atoms. The molecule has 0 radical (unpaired) electrons. The molecule has 2 aromatic carbocycles. The van der Waals surface area contributed by atoms with Crippen molar-refractivity contribution >= 4 is 0 Å². The zero-order valence-corrected chi connectivity index (χ0v) is 11.7. The van der Waals surface area contributed by atoms with Crippen LogP contribution in [0.2, 0.25) is 0 Å². The number of methoxy groups -OCH3 is 1. The average molecular weight is 277 g/mol. The van der Waals surface area contributed by atoms with Crippen molar-refractivity contribution in [3.8, 4) is 5.75 Å². The third-order valence-electron chi connectivity index (χ3n) is 3.33. The predicted molar refractivity (Wildman–Crippen MR) is 74.9 cm³/mol. The van der Waals surface area contributed by atoms with Crippen LogP contribution in [0.1, 0.15) is 28.3 Å². The third kappa shape index (κ3) is 2.65. The fourth-order valence-electron chi connectivity index (χ4n) is 2.38. The largest absolute Gasteiger partial charge is 0.496 e.